The highest BCUT2D eigenvalue weighted by Crippen LogP contribution is 2.32. The second-order valence-corrected chi connectivity index (χ2v) is 8.11. The Labute approximate surface area is 204 Å². The van der Waals surface area contributed by atoms with Crippen molar-refractivity contribution in [3.05, 3.63) is 86.9 Å². The summed E-state index contributed by atoms with van der Waals surface area (Å²) in [6.45, 7) is 0. The summed E-state index contributed by atoms with van der Waals surface area (Å²) < 4.78 is 5.18. The van der Waals surface area contributed by atoms with Crippen molar-refractivity contribution < 1.29 is 14.3 Å². The lowest BCUT2D eigenvalue weighted by molar-refractivity contribution is 0.0973. The first-order valence-electron chi connectivity index (χ1n) is 9.09. The topological polar surface area (TPSA) is 79.5 Å². The highest BCUT2D eigenvalue weighted by atomic mass is 35.5. The van der Waals surface area contributed by atoms with E-state index in [2.05, 4.69) is 16.0 Å². The maximum Gasteiger partial charge on any atom is 0.261 e. The van der Waals surface area contributed by atoms with Crippen molar-refractivity contribution in [3.63, 3.8) is 0 Å². The summed E-state index contributed by atoms with van der Waals surface area (Å²) in [6, 6.07) is 16.3. The van der Waals surface area contributed by atoms with Gasteiger partial charge in [-0.1, -0.05) is 40.9 Å². The first kappa shape index (κ1) is 23.8. The van der Waals surface area contributed by atoms with Gasteiger partial charge in [0, 0.05) is 27.0 Å². The molecule has 0 spiro atoms. The molecular formula is C22H16Cl3N3O3S. The number of amides is 2. The van der Waals surface area contributed by atoms with Crippen molar-refractivity contribution in [1.82, 2.24) is 5.32 Å². The van der Waals surface area contributed by atoms with E-state index in [1.54, 1.807) is 48.5 Å². The largest absolute Gasteiger partial charge is 0.494 e. The summed E-state index contributed by atoms with van der Waals surface area (Å²) in [7, 11) is 1.40. The van der Waals surface area contributed by atoms with Gasteiger partial charge in [0.15, 0.2) is 5.11 Å². The normalized spacial score (nSPS) is 10.2. The lowest BCUT2D eigenvalue weighted by Crippen LogP contribution is -2.34. The van der Waals surface area contributed by atoms with Crippen molar-refractivity contribution in [2.24, 2.45) is 0 Å². The van der Waals surface area contributed by atoms with Gasteiger partial charge < -0.3 is 15.4 Å². The molecule has 2 amide bonds. The molecule has 32 heavy (non-hydrogen) atoms. The summed E-state index contributed by atoms with van der Waals surface area (Å²) in [5.41, 5.74) is 1.77. The Balaban J connectivity index is 1.61. The maximum atomic E-state index is 12.6. The molecule has 0 aromatic heterocycles. The third-order valence-corrected chi connectivity index (χ3v) is 5.11. The van der Waals surface area contributed by atoms with Crippen LogP contribution in [-0.4, -0.2) is 24.0 Å². The minimum Gasteiger partial charge on any atom is -0.494 e. The fourth-order valence-electron chi connectivity index (χ4n) is 2.74. The number of methoxy groups -OCH3 is 1. The Bertz CT molecular complexity index is 1190. The molecular weight excluding hydrogens is 493 g/mol. The van der Waals surface area contributed by atoms with E-state index < -0.39 is 5.91 Å². The molecule has 0 bridgehead atoms. The number of nitrogens with one attached hydrogen (secondary N) is 3. The zero-order valence-electron chi connectivity index (χ0n) is 16.5. The van der Waals surface area contributed by atoms with Crippen LogP contribution in [0.25, 0.3) is 0 Å². The fraction of sp³-hybridized carbons (Fsp3) is 0.0455. The van der Waals surface area contributed by atoms with E-state index in [1.165, 1.54) is 19.2 Å². The average Bonchev–Trinajstić information content (AvgIpc) is 2.74. The molecule has 0 atom stereocenters. The average molecular weight is 509 g/mol. The Kier molecular flexibility index (Phi) is 7.93. The van der Waals surface area contributed by atoms with Crippen LogP contribution in [0.3, 0.4) is 0 Å². The zero-order chi connectivity index (χ0) is 23.3. The van der Waals surface area contributed by atoms with Crippen LogP contribution in [0.1, 0.15) is 20.7 Å². The Morgan fingerprint density at radius 3 is 2.12 bits per heavy atom. The van der Waals surface area contributed by atoms with Crippen LogP contribution in [-0.2, 0) is 0 Å². The molecule has 10 heteroatoms. The SMILES string of the molecule is COc1c(Cl)cc(Cl)cc1C(=O)NC(=S)Nc1ccc(NC(=O)c2cccc(Cl)c2)cc1. The molecule has 0 aliphatic carbocycles. The van der Waals surface area contributed by atoms with E-state index in [9.17, 15) is 9.59 Å². The predicted octanol–water partition coefficient (Wildman–Crippen LogP) is 6.03. The molecule has 0 heterocycles. The Hall–Kier alpha value is -2.84. The lowest BCUT2D eigenvalue weighted by atomic mass is 10.2. The van der Waals surface area contributed by atoms with Crippen LogP contribution in [0.5, 0.6) is 5.75 Å². The van der Waals surface area contributed by atoms with Gasteiger partial charge in [-0.15, -0.1) is 0 Å². The minimum absolute atomic E-state index is 0.0591. The summed E-state index contributed by atoms with van der Waals surface area (Å²) in [5, 5.41) is 9.25. The smallest absolute Gasteiger partial charge is 0.261 e. The van der Waals surface area contributed by atoms with E-state index in [4.69, 9.17) is 51.8 Å². The van der Waals surface area contributed by atoms with E-state index in [1.807, 2.05) is 0 Å². The van der Waals surface area contributed by atoms with Crippen molar-refractivity contribution in [1.29, 1.82) is 0 Å². The summed E-state index contributed by atoms with van der Waals surface area (Å²) in [5.74, 6) is -0.629. The standard InChI is InChI=1S/C22H16Cl3N3O3S/c1-31-19-17(10-14(24)11-18(19)25)21(30)28-22(32)27-16-7-5-15(6-8-16)26-20(29)12-3-2-4-13(23)9-12/h2-11H,1H3,(H,26,29)(H2,27,28,30,32). The van der Waals surface area contributed by atoms with E-state index >= 15 is 0 Å². The van der Waals surface area contributed by atoms with E-state index in [0.29, 0.717) is 22.0 Å². The molecule has 0 aliphatic rings. The summed E-state index contributed by atoms with van der Waals surface area (Å²) >= 11 is 23.2. The van der Waals surface area contributed by atoms with Gasteiger partial charge in [0.1, 0.15) is 5.75 Å². The summed E-state index contributed by atoms with van der Waals surface area (Å²) in [6.07, 6.45) is 0. The van der Waals surface area contributed by atoms with Gasteiger partial charge in [-0.3, -0.25) is 14.9 Å². The number of thiocarbonyl (C=S) groups is 1. The fourth-order valence-corrected chi connectivity index (χ4v) is 3.71. The first-order chi connectivity index (χ1) is 15.3. The van der Waals surface area contributed by atoms with Gasteiger partial charge in [-0.25, -0.2) is 0 Å². The molecule has 0 unspecified atom stereocenters. The number of hydrogen-bond donors (Lipinski definition) is 3. The predicted molar refractivity (Wildman–Crippen MR) is 133 cm³/mol. The van der Waals surface area contributed by atoms with Gasteiger partial charge in [-0.2, -0.15) is 0 Å². The van der Waals surface area contributed by atoms with Gasteiger partial charge in [-0.05, 0) is 66.8 Å². The van der Waals surface area contributed by atoms with Crippen molar-refractivity contribution >= 4 is 75.3 Å². The molecule has 0 saturated heterocycles. The van der Waals surface area contributed by atoms with Crippen LogP contribution in [0.15, 0.2) is 60.7 Å². The lowest BCUT2D eigenvalue weighted by Gasteiger charge is -2.13. The van der Waals surface area contributed by atoms with Gasteiger partial charge in [0.05, 0.1) is 17.7 Å². The van der Waals surface area contributed by atoms with Gasteiger partial charge >= 0.3 is 0 Å². The molecule has 3 aromatic rings. The molecule has 6 nitrogen and oxygen atoms in total. The maximum absolute atomic E-state index is 12.6. The van der Waals surface area contributed by atoms with E-state index in [-0.39, 0.29) is 32.4 Å². The number of ether oxygens (including phenoxy) is 1. The monoisotopic (exact) mass is 507 g/mol. The van der Waals surface area contributed by atoms with Crippen molar-refractivity contribution in [2.45, 2.75) is 0 Å². The molecule has 0 fully saturated rings. The van der Waals surface area contributed by atoms with Gasteiger partial charge in [0.2, 0.25) is 0 Å². The number of anilines is 2. The first-order valence-corrected chi connectivity index (χ1v) is 10.6. The second kappa shape index (κ2) is 10.7. The van der Waals surface area contributed by atoms with Crippen LogP contribution >= 0.6 is 47.0 Å². The van der Waals surface area contributed by atoms with Crippen LogP contribution < -0.4 is 20.7 Å². The Morgan fingerprint density at radius 2 is 1.50 bits per heavy atom. The molecule has 0 aliphatic heterocycles. The third kappa shape index (κ3) is 6.11. The number of halogens is 3. The van der Waals surface area contributed by atoms with E-state index in [0.717, 1.165) is 0 Å². The third-order valence-electron chi connectivity index (χ3n) is 4.17. The molecule has 0 radical (unpaired) electrons. The molecule has 3 rings (SSSR count). The molecule has 3 aromatic carbocycles. The number of carbonyl (C=O) groups is 2. The molecule has 164 valence electrons. The number of benzene rings is 3. The zero-order valence-corrected chi connectivity index (χ0v) is 19.6. The molecule has 3 N–H and O–H groups in total. The number of carbonyl (C=O) groups excluding carboxylic acids is 2. The van der Waals surface area contributed by atoms with Crippen LogP contribution in [0.4, 0.5) is 11.4 Å². The van der Waals surface area contributed by atoms with Crippen LogP contribution in [0.2, 0.25) is 15.1 Å². The van der Waals surface area contributed by atoms with Gasteiger partial charge in [0.25, 0.3) is 11.8 Å². The highest BCUT2D eigenvalue weighted by Gasteiger charge is 2.18. The minimum atomic E-state index is -0.533. The van der Waals surface area contributed by atoms with Crippen LogP contribution in [0, 0.1) is 0 Å². The van der Waals surface area contributed by atoms with Crippen molar-refractivity contribution in [2.75, 3.05) is 17.7 Å². The number of hydrogen-bond acceptors (Lipinski definition) is 4. The number of rotatable bonds is 5. The second-order valence-electron chi connectivity index (χ2n) is 6.42. The van der Waals surface area contributed by atoms with Crippen molar-refractivity contribution in [3.8, 4) is 5.75 Å². The quantitative estimate of drug-likeness (QED) is 0.367. The Morgan fingerprint density at radius 1 is 0.844 bits per heavy atom. The highest BCUT2D eigenvalue weighted by molar-refractivity contribution is 7.80. The molecule has 0 saturated carbocycles. The summed E-state index contributed by atoms with van der Waals surface area (Å²) in [4.78, 5) is 24.9.